The first kappa shape index (κ1) is 21.2. The molecule has 0 unspecified atom stereocenters. The molecule has 0 atom stereocenters. The van der Waals surface area contributed by atoms with Crippen molar-refractivity contribution >= 4 is 38.1 Å². The summed E-state index contributed by atoms with van der Waals surface area (Å²) in [7, 11) is -2.93. The Morgan fingerprint density at radius 1 is 1.23 bits per heavy atom. The molecule has 1 N–H and O–H groups in total. The number of ether oxygens (including phenoxy) is 1. The van der Waals surface area contributed by atoms with E-state index < -0.39 is 32.7 Å². The van der Waals surface area contributed by atoms with Crippen molar-refractivity contribution in [2.45, 2.75) is 37.3 Å². The second-order valence-electron chi connectivity index (χ2n) is 6.92. The molecule has 0 saturated heterocycles. The van der Waals surface area contributed by atoms with E-state index in [2.05, 4.69) is 15.5 Å². The van der Waals surface area contributed by atoms with E-state index in [4.69, 9.17) is 13.6 Å². The molecular formula is C19H19N3O7S2. The van der Waals surface area contributed by atoms with Crippen molar-refractivity contribution in [3.63, 3.8) is 0 Å². The lowest BCUT2D eigenvalue weighted by atomic mass is 10.1. The van der Waals surface area contributed by atoms with Gasteiger partial charge >= 0.3 is 11.2 Å². The minimum atomic E-state index is -4.20. The number of rotatable bonds is 6. The van der Waals surface area contributed by atoms with E-state index in [-0.39, 0.29) is 11.7 Å². The molecule has 0 fully saturated rings. The van der Waals surface area contributed by atoms with Crippen LogP contribution >= 0.6 is 11.3 Å². The number of aryl methyl sites for hydroxylation is 1. The number of aromatic nitrogens is 2. The molecule has 0 saturated carbocycles. The molecule has 10 nitrogen and oxygen atoms in total. The van der Waals surface area contributed by atoms with Crippen LogP contribution < -0.4 is 5.32 Å². The van der Waals surface area contributed by atoms with Gasteiger partial charge in [0.25, 0.3) is 5.89 Å². The zero-order valence-corrected chi connectivity index (χ0v) is 18.2. The minimum Gasteiger partial charge on any atom is -0.465 e. The average Bonchev–Trinajstić information content (AvgIpc) is 3.45. The maximum absolute atomic E-state index is 12.6. The maximum Gasteiger partial charge on any atom is 0.341 e. The number of fused-ring (bicyclic) bond motifs is 1. The van der Waals surface area contributed by atoms with Crippen molar-refractivity contribution in [3.8, 4) is 11.7 Å². The zero-order chi connectivity index (χ0) is 22.0. The van der Waals surface area contributed by atoms with Gasteiger partial charge in [-0.15, -0.1) is 16.4 Å². The number of hydrogen-bond donors (Lipinski definition) is 1. The fourth-order valence-electron chi connectivity index (χ4n) is 3.38. The van der Waals surface area contributed by atoms with Gasteiger partial charge in [-0.2, -0.15) is 0 Å². The van der Waals surface area contributed by atoms with Crippen LogP contribution in [0.15, 0.2) is 32.5 Å². The van der Waals surface area contributed by atoms with Gasteiger partial charge in [0.1, 0.15) is 10.8 Å². The summed E-state index contributed by atoms with van der Waals surface area (Å²) in [5.74, 6) is -2.20. The van der Waals surface area contributed by atoms with Gasteiger partial charge in [-0.1, -0.05) is 11.5 Å². The fourth-order valence-corrected chi connectivity index (χ4v) is 5.59. The van der Waals surface area contributed by atoms with Crippen LogP contribution in [0.4, 0.5) is 5.00 Å². The predicted octanol–water partition coefficient (Wildman–Crippen LogP) is 2.86. The second kappa shape index (κ2) is 8.63. The first-order valence-corrected chi connectivity index (χ1v) is 12.0. The van der Waals surface area contributed by atoms with Crippen molar-refractivity contribution in [2.75, 3.05) is 18.2 Å². The van der Waals surface area contributed by atoms with E-state index in [1.54, 1.807) is 6.07 Å². The highest BCUT2D eigenvalue weighted by Gasteiger charge is 2.30. The van der Waals surface area contributed by atoms with Crippen molar-refractivity contribution in [2.24, 2.45) is 0 Å². The van der Waals surface area contributed by atoms with Gasteiger partial charge in [0.15, 0.2) is 5.76 Å². The number of thiophene rings is 1. The molecule has 3 aromatic heterocycles. The lowest BCUT2D eigenvalue weighted by Crippen LogP contribution is -2.24. The molecule has 3 heterocycles. The third-order valence-electron chi connectivity index (χ3n) is 4.79. The minimum absolute atomic E-state index is 0.112. The summed E-state index contributed by atoms with van der Waals surface area (Å²) < 4.78 is 40.2. The van der Waals surface area contributed by atoms with Gasteiger partial charge in [-0.05, 0) is 43.4 Å². The highest BCUT2D eigenvalue weighted by atomic mass is 32.2. The normalized spacial score (nSPS) is 14.0. The Hall–Kier alpha value is -2.99. The van der Waals surface area contributed by atoms with Crippen LogP contribution in [0, 0.1) is 0 Å². The molecule has 1 aliphatic carbocycles. The van der Waals surface area contributed by atoms with Crippen molar-refractivity contribution in [1.29, 1.82) is 0 Å². The highest BCUT2D eigenvalue weighted by molar-refractivity contribution is 7.91. The van der Waals surface area contributed by atoms with Crippen LogP contribution in [-0.4, -0.2) is 43.4 Å². The number of esters is 1. The van der Waals surface area contributed by atoms with E-state index in [1.165, 1.54) is 30.8 Å². The molecule has 1 amide bonds. The number of nitrogens with one attached hydrogen (secondary N) is 1. The van der Waals surface area contributed by atoms with E-state index >= 15 is 0 Å². The van der Waals surface area contributed by atoms with Crippen molar-refractivity contribution < 1.29 is 31.6 Å². The second-order valence-corrected chi connectivity index (χ2v) is 9.89. The van der Waals surface area contributed by atoms with E-state index in [0.29, 0.717) is 17.0 Å². The SMILES string of the molecule is COC(=O)c1c(NC(=O)CS(=O)(=O)c2nnc(-c3ccco3)o2)sc2c1CCCCC2. The Labute approximate surface area is 181 Å². The van der Waals surface area contributed by atoms with Crippen LogP contribution in [0.3, 0.4) is 0 Å². The molecule has 0 bridgehead atoms. The molecule has 0 spiro atoms. The highest BCUT2D eigenvalue weighted by Crippen LogP contribution is 2.38. The number of methoxy groups -OCH3 is 1. The first-order chi connectivity index (χ1) is 14.9. The van der Waals surface area contributed by atoms with Crippen molar-refractivity contribution in [3.05, 3.63) is 34.4 Å². The number of nitrogens with zero attached hydrogens (tertiary/aromatic N) is 2. The number of furan rings is 1. The predicted molar refractivity (Wildman–Crippen MR) is 110 cm³/mol. The topological polar surface area (TPSA) is 142 Å². The average molecular weight is 466 g/mol. The van der Waals surface area contributed by atoms with E-state index in [9.17, 15) is 18.0 Å². The number of carbonyl (C=O) groups excluding carboxylic acids is 2. The van der Waals surface area contributed by atoms with E-state index in [0.717, 1.165) is 36.1 Å². The van der Waals surface area contributed by atoms with Crippen LogP contribution in [0.5, 0.6) is 0 Å². The third kappa shape index (κ3) is 4.39. The summed E-state index contributed by atoms with van der Waals surface area (Å²) >= 11 is 1.28. The summed E-state index contributed by atoms with van der Waals surface area (Å²) in [5.41, 5.74) is 1.17. The van der Waals surface area contributed by atoms with Gasteiger partial charge in [-0.3, -0.25) is 4.79 Å². The summed E-state index contributed by atoms with van der Waals surface area (Å²) in [6.07, 6.45) is 5.88. The van der Waals surface area contributed by atoms with Crippen LogP contribution in [0.25, 0.3) is 11.7 Å². The third-order valence-corrected chi connectivity index (χ3v) is 7.34. The molecule has 0 aliphatic heterocycles. The molecule has 164 valence electrons. The zero-order valence-electron chi connectivity index (χ0n) is 16.5. The molecule has 0 aromatic carbocycles. The van der Waals surface area contributed by atoms with Gasteiger partial charge in [0, 0.05) is 4.88 Å². The summed E-state index contributed by atoms with van der Waals surface area (Å²) in [6, 6.07) is 3.12. The molecule has 31 heavy (non-hydrogen) atoms. The number of amides is 1. The first-order valence-electron chi connectivity index (χ1n) is 9.52. The van der Waals surface area contributed by atoms with Gasteiger partial charge in [0.2, 0.25) is 15.7 Å². The van der Waals surface area contributed by atoms with Crippen molar-refractivity contribution in [1.82, 2.24) is 10.2 Å². The van der Waals surface area contributed by atoms with Crippen LogP contribution in [0.1, 0.15) is 40.1 Å². The lowest BCUT2D eigenvalue weighted by molar-refractivity contribution is -0.113. The summed E-state index contributed by atoms with van der Waals surface area (Å²) in [4.78, 5) is 25.9. The quantitative estimate of drug-likeness (QED) is 0.429. The number of hydrogen-bond acceptors (Lipinski definition) is 10. The Morgan fingerprint density at radius 3 is 2.77 bits per heavy atom. The molecule has 3 aromatic rings. The Morgan fingerprint density at radius 2 is 2.03 bits per heavy atom. The fraction of sp³-hybridized carbons (Fsp3) is 0.368. The van der Waals surface area contributed by atoms with Gasteiger partial charge in [-0.25, -0.2) is 13.2 Å². The maximum atomic E-state index is 12.6. The molecular weight excluding hydrogens is 446 g/mol. The smallest absolute Gasteiger partial charge is 0.341 e. The summed E-state index contributed by atoms with van der Waals surface area (Å²) in [6.45, 7) is 0. The molecule has 12 heteroatoms. The van der Waals surface area contributed by atoms with E-state index in [1.807, 2.05) is 0 Å². The summed E-state index contributed by atoms with van der Waals surface area (Å²) in [5, 5.41) is 9.30. The van der Waals surface area contributed by atoms with Gasteiger partial charge in [0.05, 0.1) is 18.9 Å². The largest absolute Gasteiger partial charge is 0.465 e. The Kier molecular flexibility index (Phi) is 5.92. The lowest BCUT2D eigenvalue weighted by Gasteiger charge is -2.07. The standard InChI is InChI=1S/C19H19N3O7S2/c1-27-18(24)15-11-6-3-2-4-8-13(11)30-17(15)20-14(23)10-31(25,26)19-22-21-16(29-19)12-7-5-9-28-12/h5,7,9H,2-4,6,8,10H2,1H3,(H,20,23). The molecule has 1 aliphatic rings. The van der Waals surface area contributed by atoms with Crippen LogP contribution in [0.2, 0.25) is 0 Å². The number of anilines is 1. The Balaban J connectivity index is 1.54. The van der Waals surface area contributed by atoms with Crippen LogP contribution in [-0.2, 0) is 32.2 Å². The Bertz CT molecular complexity index is 1210. The monoisotopic (exact) mass is 465 g/mol. The number of carbonyl (C=O) groups is 2. The molecule has 0 radical (unpaired) electrons. The van der Waals surface area contributed by atoms with Gasteiger partial charge < -0.3 is 18.9 Å². The molecule has 4 rings (SSSR count). The number of sulfone groups is 1.